The molecule has 1 aliphatic rings. The fraction of sp³-hybridized carbons (Fsp3) is 0.526. The van der Waals surface area contributed by atoms with E-state index in [0.29, 0.717) is 31.1 Å². The van der Waals surface area contributed by atoms with Crippen LogP contribution in [-0.4, -0.2) is 24.1 Å². The Hall–Kier alpha value is -2.39. The van der Waals surface area contributed by atoms with Crippen LogP contribution in [0.5, 0.6) is 5.75 Å². The Bertz CT molecular complexity index is 691. The van der Waals surface area contributed by atoms with Gasteiger partial charge in [0.15, 0.2) is 0 Å². The molecule has 2 atom stereocenters. The van der Waals surface area contributed by atoms with Gasteiger partial charge in [-0.1, -0.05) is 13.3 Å². The van der Waals surface area contributed by atoms with Crippen LogP contribution in [0.4, 0.5) is 5.69 Å². The predicted octanol–water partition coefficient (Wildman–Crippen LogP) is 3.41. The number of amides is 1. The number of rotatable bonds is 5. The number of benzene rings is 1. The van der Waals surface area contributed by atoms with Gasteiger partial charge in [0.25, 0.3) is 5.91 Å². The van der Waals surface area contributed by atoms with E-state index >= 15 is 0 Å². The molecule has 0 unspecified atom stereocenters. The largest absolute Gasteiger partial charge is 0.427 e. The lowest BCUT2D eigenvalue weighted by Gasteiger charge is -2.38. The van der Waals surface area contributed by atoms with E-state index in [2.05, 4.69) is 12.2 Å². The molecule has 1 amide bonds. The molecule has 0 spiro atoms. The van der Waals surface area contributed by atoms with Gasteiger partial charge in [0.2, 0.25) is 0 Å². The van der Waals surface area contributed by atoms with E-state index < -0.39 is 11.6 Å². The van der Waals surface area contributed by atoms with Crippen molar-refractivity contribution in [2.75, 3.05) is 11.9 Å². The number of ether oxygens (including phenoxy) is 2. The maximum Gasteiger partial charge on any atom is 0.308 e. The number of esters is 1. The number of nitrogens with one attached hydrogen (secondary N) is 1. The van der Waals surface area contributed by atoms with Gasteiger partial charge in [0, 0.05) is 19.6 Å². The summed E-state index contributed by atoms with van der Waals surface area (Å²) in [7, 11) is 0. The number of hydrogen-bond donors (Lipinski definition) is 1. The summed E-state index contributed by atoms with van der Waals surface area (Å²) in [5, 5.41) is 12.2. The van der Waals surface area contributed by atoms with E-state index in [1.54, 1.807) is 12.1 Å². The third kappa shape index (κ3) is 4.58. The highest BCUT2D eigenvalue weighted by Crippen LogP contribution is 2.36. The van der Waals surface area contributed by atoms with Gasteiger partial charge < -0.3 is 14.8 Å². The highest BCUT2D eigenvalue weighted by Gasteiger charge is 2.42. The molecule has 1 aliphatic carbocycles. The summed E-state index contributed by atoms with van der Waals surface area (Å²) in [5.41, 5.74) is -0.225. The van der Waals surface area contributed by atoms with Crippen LogP contribution in [0.15, 0.2) is 18.2 Å². The zero-order valence-corrected chi connectivity index (χ0v) is 14.9. The quantitative estimate of drug-likeness (QED) is 0.653. The summed E-state index contributed by atoms with van der Waals surface area (Å²) in [4.78, 5) is 24.0. The third-order valence-corrected chi connectivity index (χ3v) is 4.41. The van der Waals surface area contributed by atoms with Gasteiger partial charge in [0.1, 0.15) is 17.4 Å². The van der Waals surface area contributed by atoms with Crippen LogP contribution in [0, 0.1) is 17.2 Å². The Morgan fingerprint density at radius 3 is 2.80 bits per heavy atom. The molecule has 6 heteroatoms. The summed E-state index contributed by atoms with van der Waals surface area (Å²) < 4.78 is 10.8. The Morgan fingerprint density at radius 2 is 2.20 bits per heavy atom. The summed E-state index contributed by atoms with van der Waals surface area (Å²) in [6.07, 6.45) is 3.36. The van der Waals surface area contributed by atoms with Crippen molar-refractivity contribution in [3.05, 3.63) is 23.8 Å². The summed E-state index contributed by atoms with van der Waals surface area (Å²) in [6, 6.07) is 6.58. The van der Waals surface area contributed by atoms with E-state index in [9.17, 15) is 14.9 Å². The van der Waals surface area contributed by atoms with Crippen LogP contribution in [0.25, 0.3) is 0 Å². The first-order valence-corrected chi connectivity index (χ1v) is 8.58. The predicted molar refractivity (Wildman–Crippen MR) is 93.1 cm³/mol. The normalized spacial score (nSPS) is 22.7. The van der Waals surface area contributed by atoms with E-state index in [4.69, 9.17) is 9.47 Å². The molecule has 0 aliphatic heterocycles. The first-order chi connectivity index (χ1) is 11.9. The fourth-order valence-corrected chi connectivity index (χ4v) is 3.37. The summed E-state index contributed by atoms with van der Waals surface area (Å²) >= 11 is 0. The minimum atomic E-state index is -0.853. The Kier molecular flexibility index (Phi) is 6.16. The molecule has 1 fully saturated rings. The summed E-state index contributed by atoms with van der Waals surface area (Å²) in [5.74, 6) is -0.00880. The average Bonchev–Trinajstić information content (AvgIpc) is 2.55. The molecule has 1 aromatic carbocycles. The molecule has 0 saturated heterocycles. The minimum absolute atomic E-state index is 0.224. The summed E-state index contributed by atoms with van der Waals surface area (Å²) in [6.45, 7) is 5.74. The second-order valence-corrected chi connectivity index (χ2v) is 6.50. The van der Waals surface area contributed by atoms with E-state index in [-0.39, 0.29) is 17.2 Å². The lowest BCUT2D eigenvalue weighted by Crippen LogP contribution is -2.48. The first-order valence-electron chi connectivity index (χ1n) is 8.58. The van der Waals surface area contributed by atoms with Gasteiger partial charge in [-0.25, -0.2) is 0 Å². The molecule has 134 valence electrons. The van der Waals surface area contributed by atoms with E-state index in [0.717, 1.165) is 12.8 Å². The fourth-order valence-electron chi connectivity index (χ4n) is 3.37. The van der Waals surface area contributed by atoms with Gasteiger partial charge in [-0.05, 0) is 44.2 Å². The lowest BCUT2D eigenvalue weighted by atomic mass is 9.78. The Labute approximate surface area is 148 Å². The smallest absolute Gasteiger partial charge is 0.308 e. The van der Waals surface area contributed by atoms with Crippen molar-refractivity contribution in [1.82, 2.24) is 0 Å². The molecular weight excluding hydrogens is 320 g/mol. The molecule has 6 nitrogen and oxygen atoms in total. The lowest BCUT2D eigenvalue weighted by molar-refractivity contribution is -0.147. The van der Waals surface area contributed by atoms with Gasteiger partial charge in [-0.15, -0.1) is 0 Å². The zero-order valence-electron chi connectivity index (χ0n) is 14.9. The molecule has 25 heavy (non-hydrogen) atoms. The average molecular weight is 344 g/mol. The van der Waals surface area contributed by atoms with Gasteiger partial charge in [-0.2, -0.15) is 5.26 Å². The van der Waals surface area contributed by atoms with Gasteiger partial charge in [-0.3, -0.25) is 9.59 Å². The molecule has 1 N–H and O–H groups in total. The van der Waals surface area contributed by atoms with Crippen molar-refractivity contribution in [2.45, 2.75) is 52.1 Å². The second kappa shape index (κ2) is 8.13. The number of nitriles is 1. The molecule has 0 radical (unpaired) electrons. The van der Waals surface area contributed by atoms with Crippen molar-refractivity contribution in [1.29, 1.82) is 5.26 Å². The molecule has 0 heterocycles. The van der Waals surface area contributed by atoms with Crippen molar-refractivity contribution >= 4 is 17.6 Å². The number of carbonyl (C=O) groups is 2. The molecule has 1 aromatic rings. The second-order valence-electron chi connectivity index (χ2n) is 6.50. The first kappa shape index (κ1) is 18.9. The number of carbonyl (C=O) groups excluding carboxylic acids is 2. The van der Waals surface area contributed by atoms with Crippen LogP contribution in [0.2, 0.25) is 0 Å². The van der Waals surface area contributed by atoms with Crippen molar-refractivity contribution in [3.8, 4) is 11.8 Å². The number of anilines is 1. The van der Waals surface area contributed by atoms with Crippen LogP contribution in [-0.2, 0) is 14.3 Å². The van der Waals surface area contributed by atoms with Crippen LogP contribution in [0.1, 0.15) is 52.0 Å². The Balaban J connectivity index is 2.23. The van der Waals surface area contributed by atoms with E-state index in [1.807, 2.05) is 13.0 Å². The SMILES string of the molecule is CCO[C@]1(C(=O)Nc2ccc(OC(C)=O)cc2C#N)CCC[C@@H](C)C1. The zero-order chi connectivity index (χ0) is 18.4. The highest BCUT2D eigenvalue weighted by atomic mass is 16.5. The van der Waals surface area contributed by atoms with Crippen molar-refractivity contribution < 1.29 is 19.1 Å². The molecule has 2 rings (SSSR count). The van der Waals surface area contributed by atoms with Crippen LogP contribution >= 0.6 is 0 Å². The Morgan fingerprint density at radius 1 is 1.44 bits per heavy atom. The van der Waals surface area contributed by atoms with Crippen molar-refractivity contribution in [3.63, 3.8) is 0 Å². The maximum absolute atomic E-state index is 12.9. The third-order valence-electron chi connectivity index (χ3n) is 4.41. The van der Waals surface area contributed by atoms with Crippen LogP contribution in [0.3, 0.4) is 0 Å². The van der Waals surface area contributed by atoms with Crippen LogP contribution < -0.4 is 10.1 Å². The number of hydrogen-bond acceptors (Lipinski definition) is 5. The maximum atomic E-state index is 12.9. The highest BCUT2D eigenvalue weighted by molar-refractivity contribution is 5.98. The van der Waals surface area contributed by atoms with Crippen molar-refractivity contribution in [2.24, 2.45) is 5.92 Å². The van der Waals surface area contributed by atoms with Gasteiger partial charge >= 0.3 is 5.97 Å². The minimum Gasteiger partial charge on any atom is -0.427 e. The molecule has 1 saturated carbocycles. The molecular formula is C19H24N2O4. The standard InChI is InChI=1S/C19H24N2O4/c1-4-24-19(9-5-6-13(2)11-19)18(23)21-17-8-7-16(25-14(3)22)10-15(17)12-20/h7-8,10,13H,4-6,9,11H2,1-3H3,(H,21,23)/t13-,19-/m1/s1. The van der Waals surface area contributed by atoms with Gasteiger partial charge in [0.05, 0.1) is 11.3 Å². The van der Waals surface area contributed by atoms with E-state index in [1.165, 1.54) is 13.0 Å². The molecule has 0 bridgehead atoms. The molecule has 0 aromatic heterocycles. The topological polar surface area (TPSA) is 88.4 Å². The number of nitrogens with zero attached hydrogens (tertiary/aromatic N) is 1. The monoisotopic (exact) mass is 344 g/mol.